The van der Waals surface area contributed by atoms with Crippen LogP contribution in [0.5, 0.6) is 0 Å². The summed E-state index contributed by atoms with van der Waals surface area (Å²) < 4.78 is 0. The van der Waals surface area contributed by atoms with Crippen LogP contribution >= 0.6 is 24.2 Å². The van der Waals surface area contributed by atoms with E-state index in [1.54, 1.807) is 12.1 Å². The van der Waals surface area contributed by atoms with E-state index in [1.807, 2.05) is 24.3 Å². The molecule has 3 heteroatoms. The highest BCUT2D eigenvalue weighted by Crippen LogP contribution is 2.17. The van der Waals surface area contributed by atoms with Crippen LogP contribution < -0.4 is 0 Å². The van der Waals surface area contributed by atoms with Gasteiger partial charge >= 0.3 is 0 Å². The molecule has 0 fully saturated rings. The number of hydrogen-bond donors (Lipinski definition) is 1. The third kappa shape index (κ3) is 3.10. The lowest BCUT2D eigenvalue weighted by Gasteiger charge is -1.96. The summed E-state index contributed by atoms with van der Waals surface area (Å²) in [7, 11) is 0. The Balaban J connectivity index is 2.86. The summed E-state index contributed by atoms with van der Waals surface area (Å²) in [5, 5.41) is 9.24. The van der Waals surface area contributed by atoms with Crippen molar-refractivity contribution in [3.63, 3.8) is 0 Å². The number of allylic oxidation sites excluding steroid dienone is 1. The molecular formula is C11H10ClNS. The van der Waals surface area contributed by atoms with Crippen LogP contribution in [0, 0.1) is 11.3 Å². The molecule has 1 nitrogen and oxygen atoms in total. The van der Waals surface area contributed by atoms with E-state index in [-0.39, 0.29) is 0 Å². The average molecular weight is 224 g/mol. The molecule has 72 valence electrons. The molecule has 0 heterocycles. The monoisotopic (exact) mass is 223 g/mol. The van der Waals surface area contributed by atoms with Gasteiger partial charge in [0, 0.05) is 0 Å². The Morgan fingerprint density at radius 1 is 1.50 bits per heavy atom. The van der Waals surface area contributed by atoms with E-state index in [0.29, 0.717) is 10.6 Å². The first-order chi connectivity index (χ1) is 6.77. The van der Waals surface area contributed by atoms with Gasteiger partial charge in [0.15, 0.2) is 0 Å². The Kier molecular flexibility index (Phi) is 4.58. The summed E-state index contributed by atoms with van der Waals surface area (Å²) in [6, 6.07) is 7.44. The van der Waals surface area contributed by atoms with Gasteiger partial charge in [-0.1, -0.05) is 29.8 Å². The van der Waals surface area contributed by atoms with Gasteiger partial charge in [-0.2, -0.15) is 17.9 Å². The number of halogens is 1. The van der Waals surface area contributed by atoms with Gasteiger partial charge in [0.05, 0.1) is 10.6 Å². The summed E-state index contributed by atoms with van der Waals surface area (Å²) in [5.41, 5.74) is 1.51. The zero-order valence-corrected chi connectivity index (χ0v) is 9.22. The van der Waals surface area contributed by atoms with E-state index in [0.717, 1.165) is 17.7 Å². The van der Waals surface area contributed by atoms with Crippen molar-refractivity contribution in [3.05, 3.63) is 40.4 Å². The Hall–Kier alpha value is -0.910. The predicted molar refractivity (Wildman–Crippen MR) is 63.7 cm³/mol. The van der Waals surface area contributed by atoms with E-state index in [4.69, 9.17) is 16.9 Å². The second-order valence-corrected chi connectivity index (χ2v) is 3.62. The van der Waals surface area contributed by atoms with Crippen LogP contribution in [0.15, 0.2) is 24.3 Å². The first kappa shape index (κ1) is 11.2. The first-order valence-electron chi connectivity index (χ1n) is 4.25. The van der Waals surface area contributed by atoms with Gasteiger partial charge in [-0.15, -0.1) is 0 Å². The van der Waals surface area contributed by atoms with Gasteiger partial charge in [0.1, 0.15) is 6.07 Å². The highest BCUT2D eigenvalue weighted by Gasteiger charge is 1.98. The van der Waals surface area contributed by atoms with Crippen molar-refractivity contribution in [2.45, 2.75) is 6.42 Å². The summed E-state index contributed by atoms with van der Waals surface area (Å²) >= 11 is 9.90. The Morgan fingerprint density at radius 3 is 2.93 bits per heavy atom. The van der Waals surface area contributed by atoms with E-state index < -0.39 is 0 Å². The van der Waals surface area contributed by atoms with E-state index in [9.17, 15) is 0 Å². The molecule has 0 amide bonds. The highest BCUT2D eigenvalue weighted by molar-refractivity contribution is 7.80. The van der Waals surface area contributed by atoms with Crippen LogP contribution in [0.4, 0.5) is 0 Å². The normalized spacial score (nSPS) is 10.4. The Labute approximate surface area is 94.4 Å². The van der Waals surface area contributed by atoms with Crippen LogP contribution in [0.25, 0.3) is 6.08 Å². The van der Waals surface area contributed by atoms with Crippen molar-refractivity contribution in [3.8, 4) is 6.07 Å². The van der Waals surface area contributed by atoms with Gasteiger partial charge in [0.25, 0.3) is 0 Å². The summed E-state index contributed by atoms with van der Waals surface area (Å²) in [6.07, 6.45) is 4.92. The number of thiol groups is 1. The SMILES string of the molecule is N#Cc1cc(C=CCCS)ccc1Cl. The molecule has 0 atom stereocenters. The van der Waals surface area contributed by atoms with Crippen LogP contribution in [-0.2, 0) is 0 Å². The lowest BCUT2D eigenvalue weighted by Crippen LogP contribution is -1.79. The predicted octanol–water partition coefficient (Wildman–Crippen LogP) is 3.54. The summed E-state index contributed by atoms with van der Waals surface area (Å²) in [6.45, 7) is 0. The number of nitriles is 1. The topological polar surface area (TPSA) is 23.8 Å². The summed E-state index contributed by atoms with van der Waals surface area (Å²) in [5.74, 6) is 0.829. The van der Waals surface area contributed by atoms with Gasteiger partial charge < -0.3 is 0 Å². The second-order valence-electron chi connectivity index (χ2n) is 2.77. The Bertz CT molecular complexity index is 379. The molecule has 0 spiro atoms. The average Bonchev–Trinajstić information content (AvgIpc) is 2.21. The molecule has 0 bridgehead atoms. The maximum absolute atomic E-state index is 8.74. The van der Waals surface area contributed by atoms with Crippen molar-refractivity contribution >= 4 is 30.3 Å². The standard InChI is InChI=1S/C11H10ClNS/c12-11-5-4-9(3-1-2-6-14)7-10(11)8-13/h1,3-5,7,14H,2,6H2. The zero-order valence-electron chi connectivity index (χ0n) is 7.57. The quantitative estimate of drug-likeness (QED) is 0.779. The van der Waals surface area contributed by atoms with E-state index >= 15 is 0 Å². The molecule has 0 saturated carbocycles. The van der Waals surface area contributed by atoms with Crippen LogP contribution in [0.2, 0.25) is 5.02 Å². The number of nitrogens with zero attached hydrogens (tertiary/aromatic N) is 1. The molecular weight excluding hydrogens is 214 g/mol. The molecule has 0 aliphatic carbocycles. The number of hydrogen-bond acceptors (Lipinski definition) is 2. The van der Waals surface area contributed by atoms with Crippen molar-refractivity contribution < 1.29 is 0 Å². The van der Waals surface area contributed by atoms with Gasteiger partial charge in [-0.05, 0) is 29.9 Å². The minimum atomic E-state index is 0.499. The molecule has 0 radical (unpaired) electrons. The fourth-order valence-electron chi connectivity index (χ4n) is 1.03. The third-order valence-electron chi connectivity index (χ3n) is 1.72. The molecule has 0 aromatic heterocycles. The molecule has 1 aromatic rings. The largest absolute Gasteiger partial charge is 0.192 e. The van der Waals surface area contributed by atoms with E-state index in [2.05, 4.69) is 12.6 Å². The van der Waals surface area contributed by atoms with Crippen LogP contribution in [-0.4, -0.2) is 5.75 Å². The maximum atomic E-state index is 8.74. The zero-order chi connectivity index (χ0) is 10.4. The van der Waals surface area contributed by atoms with Gasteiger partial charge in [0.2, 0.25) is 0 Å². The second kappa shape index (κ2) is 5.74. The molecule has 1 aromatic carbocycles. The molecule has 0 aliphatic heterocycles. The van der Waals surface area contributed by atoms with Crippen LogP contribution in [0.3, 0.4) is 0 Å². The lowest BCUT2D eigenvalue weighted by atomic mass is 10.1. The maximum Gasteiger partial charge on any atom is 0.101 e. The molecule has 0 saturated heterocycles. The smallest absolute Gasteiger partial charge is 0.101 e. The first-order valence-corrected chi connectivity index (χ1v) is 5.26. The molecule has 0 aliphatic rings. The Morgan fingerprint density at radius 2 is 2.29 bits per heavy atom. The van der Waals surface area contributed by atoms with Crippen molar-refractivity contribution in [2.24, 2.45) is 0 Å². The third-order valence-corrected chi connectivity index (χ3v) is 2.30. The highest BCUT2D eigenvalue weighted by atomic mass is 35.5. The summed E-state index contributed by atoms with van der Waals surface area (Å²) in [4.78, 5) is 0. The van der Waals surface area contributed by atoms with Crippen molar-refractivity contribution in [1.82, 2.24) is 0 Å². The molecule has 0 unspecified atom stereocenters. The fraction of sp³-hybridized carbons (Fsp3) is 0.182. The van der Waals surface area contributed by atoms with Crippen molar-refractivity contribution in [2.75, 3.05) is 5.75 Å². The van der Waals surface area contributed by atoms with E-state index in [1.165, 1.54) is 0 Å². The van der Waals surface area contributed by atoms with Crippen LogP contribution in [0.1, 0.15) is 17.5 Å². The lowest BCUT2D eigenvalue weighted by molar-refractivity contribution is 1.26. The molecule has 0 N–H and O–H groups in total. The fourth-order valence-corrected chi connectivity index (χ4v) is 1.34. The molecule has 14 heavy (non-hydrogen) atoms. The van der Waals surface area contributed by atoms with Gasteiger partial charge in [-0.25, -0.2) is 0 Å². The number of benzene rings is 1. The van der Waals surface area contributed by atoms with Gasteiger partial charge in [-0.3, -0.25) is 0 Å². The minimum Gasteiger partial charge on any atom is -0.192 e. The number of rotatable bonds is 3. The van der Waals surface area contributed by atoms with Crippen molar-refractivity contribution in [1.29, 1.82) is 5.26 Å². The minimum absolute atomic E-state index is 0.499. The molecule has 1 rings (SSSR count).